The highest BCUT2D eigenvalue weighted by Gasteiger charge is 1.98. The van der Waals surface area contributed by atoms with Crippen LogP contribution in [-0.2, 0) is 0 Å². The highest BCUT2D eigenvalue weighted by Crippen LogP contribution is 2.19. The van der Waals surface area contributed by atoms with E-state index in [9.17, 15) is 0 Å². The Kier molecular flexibility index (Phi) is 2.00. The lowest BCUT2D eigenvalue weighted by atomic mass is 10.2. The number of hydrogen-bond donors (Lipinski definition) is 1. The summed E-state index contributed by atoms with van der Waals surface area (Å²) >= 11 is 0. The van der Waals surface area contributed by atoms with E-state index in [4.69, 9.17) is 4.74 Å². The molecule has 1 N–H and O–H groups in total. The Morgan fingerprint density at radius 2 is 2.08 bits per heavy atom. The molecule has 0 spiro atoms. The molecule has 0 aliphatic rings. The van der Waals surface area contributed by atoms with E-state index in [1.165, 1.54) is 0 Å². The van der Waals surface area contributed by atoms with Crippen molar-refractivity contribution < 1.29 is 4.74 Å². The van der Waals surface area contributed by atoms with E-state index >= 15 is 0 Å². The molecule has 13 heavy (non-hydrogen) atoms. The highest BCUT2D eigenvalue weighted by molar-refractivity contribution is 5.58. The molecule has 1 heterocycles. The summed E-state index contributed by atoms with van der Waals surface area (Å²) in [5.41, 5.74) is 1.95. The number of methoxy groups -OCH3 is 1. The van der Waals surface area contributed by atoms with Gasteiger partial charge in [-0.25, -0.2) is 4.98 Å². The molecule has 0 atom stereocenters. The molecule has 1 aromatic heterocycles. The Hall–Kier alpha value is -1.77. The molecule has 0 aliphatic heterocycles. The van der Waals surface area contributed by atoms with Gasteiger partial charge in [0.05, 0.1) is 12.8 Å². The van der Waals surface area contributed by atoms with Crippen LogP contribution >= 0.6 is 0 Å². The van der Waals surface area contributed by atoms with Crippen molar-refractivity contribution in [2.24, 2.45) is 0 Å². The van der Waals surface area contributed by atoms with Crippen molar-refractivity contribution in [3.05, 3.63) is 36.8 Å². The third kappa shape index (κ3) is 1.54. The van der Waals surface area contributed by atoms with Crippen molar-refractivity contribution >= 4 is 0 Å². The molecule has 0 saturated heterocycles. The lowest BCUT2D eigenvalue weighted by Crippen LogP contribution is -1.82. The first-order valence-electron chi connectivity index (χ1n) is 3.96. The maximum Gasteiger partial charge on any atom is 0.174 e. The number of nitrogens with one attached hydrogen (secondary N) is 1. The van der Waals surface area contributed by atoms with Crippen LogP contribution in [0.15, 0.2) is 30.5 Å². The van der Waals surface area contributed by atoms with E-state index in [-0.39, 0.29) is 0 Å². The molecule has 0 bridgehead atoms. The van der Waals surface area contributed by atoms with E-state index in [0.29, 0.717) is 0 Å². The first-order chi connectivity index (χ1) is 6.40. The predicted molar refractivity (Wildman–Crippen MR) is 49.4 cm³/mol. The van der Waals surface area contributed by atoms with Gasteiger partial charge in [-0.3, -0.25) is 0 Å². The summed E-state index contributed by atoms with van der Waals surface area (Å²) in [5.74, 6) is 0.850. The molecular formula is C10H9N2O. The Morgan fingerprint density at radius 3 is 2.62 bits per heavy atom. The van der Waals surface area contributed by atoms with Gasteiger partial charge in [0.2, 0.25) is 0 Å². The van der Waals surface area contributed by atoms with E-state index in [1.807, 2.05) is 30.5 Å². The minimum atomic E-state index is 0.850. The number of imidazole rings is 1. The molecule has 3 heteroatoms. The second-order valence-electron chi connectivity index (χ2n) is 2.63. The third-order valence-corrected chi connectivity index (χ3v) is 1.84. The van der Waals surface area contributed by atoms with Crippen LogP contribution < -0.4 is 4.74 Å². The maximum absolute atomic E-state index is 5.05. The Morgan fingerprint density at radius 1 is 1.31 bits per heavy atom. The van der Waals surface area contributed by atoms with Gasteiger partial charge in [-0.05, 0) is 24.3 Å². The fraction of sp³-hybridized carbons (Fsp3) is 0.100. The summed E-state index contributed by atoms with van der Waals surface area (Å²) in [6.45, 7) is 0. The van der Waals surface area contributed by atoms with Gasteiger partial charge in [0.25, 0.3) is 0 Å². The zero-order valence-electron chi connectivity index (χ0n) is 7.24. The number of hydrogen-bond acceptors (Lipinski definition) is 2. The molecule has 0 saturated carbocycles. The molecular weight excluding hydrogens is 164 g/mol. The zero-order chi connectivity index (χ0) is 9.10. The Labute approximate surface area is 76.4 Å². The molecule has 0 unspecified atom stereocenters. The zero-order valence-corrected chi connectivity index (χ0v) is 7.24. The van der Waals surface area contributed by atoms with Gasteiger partial charge in [-0.15, -0.1) is 0 Å². The first kappa shape index (κ1) is 7.86. The molecule has 0 aliphatic carbocycles. The van der Waals surface area contributed by atoms with Crippen LogP contribution in [-0.4, -0.2) is 17.1 Å². The second-order valence-corrected chi connectivity index (χ2v) is 2.63. The number of nitrogens with zero attached hydrogens (tertiary/aromatic N) is 1. The number of aromatic amines is 1. The van der Waals surface area contributed by atoms with Crippen molar-refractivity contribution in [2.75, 3.05) is 7.11 Å². The normalized spacial score (nSPS) is 9.92. The van der Waals surface area contributed by atoms with Crippen LogP contribution in [0.1, 0.15) is 0 Å². The number of rotatable bonds is 2. The summed E-state index contributed by atoms with van der Waals surface area (Å²) in [6, 6.07) is 7.74. The average molecular weight is 173 g/mol. The fourth-order valence-corrected chi connectivity index (χ4v) is 1.14. The molecule has 65 valence electrons. The molecule has 0 amide bonds. The number of H-pyrrole nitrogens is 1. The molecule has 1 radical (unpaired) electrons. The SMILES string of the molecule is COc1ccc(-c2c[nH][c]n2)cc1. The standard InChI is InChI=1S/C10H9N2O/c1-13-9-4-2-8(3-5-9)10-6-11-7-12-10/h2-6H,1H3,(H,11,12). The fourth-order valence-electron chi connectivity index (χ4n) is 1.14. The van der Waals surface area contributed by atoms with Crippen LogP contribution in [0.3, 0.4) is 0 Å². The summed E-state index contributed by atoms with van der Waals surface area (Å²) in [6.07, 6.45) is 4.46. The molecule has 2 aromatic rings. The highest BCUT2D eigenvalue weighted by atomic mass is 16.5. The predicted octanol–water partition coefficient (Wildman–Crippen LogP) is 1.89. The monoisotopic (exact) mass is 173 g/mol. The summed E-state index contributed by atoms with van der Waals surface area (Å²) in [7, 11) is 1.65. The largest absolute Gasteiger partial charge is 0.497 e. The van der Waals surface area contributed by atoms with Crippen molar-refractivity contribution in [1.29, 1.82) is 0 Å². The lowest BCUT2D eigenvalue weighted by Gasteiger charge is -1.99. The van der Waals surface area contributed by atoms with Crippen LogP contribution in [0.2, 0.25) is 0 Å². The van der Waals surface area contributed by atoms with E-state index in [0.717, 1.165) is 17.0 Å². The van der Waals surface area contributed by atoms with Crippen LogP contribution in [0.5, 0.6) is 5.75 Å². The summed E-state index contributed by atoms with van der Waals surface area (Å²) in [4.78, 5) is 6.81. The minimum Gasteiger partial charge on any atom is -0.497 e. The molecule has 1 aromatic carbocycles. The maximum atomic E-state index is 5.05. The molecule has 2 rings (SSSR count). The third-order valence-electron chi connectivity index (χ3n) is 1.84. The number of aromatic nitrogens is 2. The van der Waals surface area contributed by atoms with E-state index in [1.54, 1.807) is 7.11 Å². The number of ether oxygens (including phenoxy) is 1. The van der Waals surface area contributed by atoms with Gasteiger partial charge in [0, 0.05) is 11.8 Å². The van der Waals surface area contributed by atoms with Crippen LogP contribution in [0.25, 0.3) is 11.3 Å². The van der Waals surface area contributed by atoms with Gasteiger partial charge >= 0.3 is 0 Å². The first-order valence-corrected chi connectivity index (χ1v) is 3.96. The van der Waals surface area contributed by atoms with Gasteiger partial charge in [-0.2, -0.15) is 0 Å². The topological polar surface area (TPSA) is 37.9 Å². The second kappa shape index (κ2) is 3.31. The molecule has 3 nitrogen and oxygen atoms in total. The van der Waals surface area contributed by atoms with Gasteiger partial charge in [0.15, 0.2) is 6.33 Å². The minimum absolute atomic E-state index is 0.850. The Balaban J connectivity index is 2.33. The van der Waals surface area contributed by atoms with Gasteiger partial charge in [0.1, 0.15) is 5.75 Å². The summed E-state index contributed by atoms with van der Waals surface area (Å²) in [5, 5.41) is 0. The average Bonchev–Trinajstić information content (AvgIpc) is 2.71. The number of benzene rings is 1. The van der Waals surface area contributed by atoms with Gasteiger partial charge in [-0.1, -0.05) is 0 Å². The van der Waals surface area contributed by atoms with Crippen molar-refractivity contribution in [3.8, 4) is 17.0 Å². The lowest BCUT2D eigenvalue weighted by molar-refractivity contribution is 0.415. The smallest absolute Gasteiger partial charge is 0.174 e. The molecule has 0 fully saturated rings. The van der Waals surface area contributed by atoms with Gasteiger partial charge < -0.3 is 9.72 Å². The van der Waals surface area contributed by atoms with Crippen molar-refractivity contribution in [1.82, 2.24) is 9.97 Å². The van der Waals surface area contributed by atoms with Crippen LogP contribution in [0, 0.1) is 6.33 Å². The van der Waals surface area contributed by atoms with Crippen LogP contribution in [0.4, 0.5) is 0 Å². The van der Waals surface area contributed by atoms with E-state index in [2.05, 4.69) is 16.3 Å². The summed E-state index contributed by atoms with van der Waals surface area (Å²) < 4.78 is 5.05. The van der Waals surface area contributed by atoms with E-state index < -0.39 is 0 Å². The Bertz CT molecular complexity index is 364. The quantitative estimate of drug-likeness (QED) is 0.753. The van der Waals surface area contributed by atoms with Crippen molar-refractivity contribution in [2.45, 2.75) is 0 Å². The van der Waals surface area contributed by atoms with Crippen molar-refractivity contribution in [3.63, 3.8) is 0 Å².